The molecule has 1 aromatic heterocycles. The van der Waals surface area contributed by atoms with Crippen LogP contribution in [0.4, 0.5) is 0 Å². The predicted octanol–water partition coefficient (Wildman–Crippen LogP) is 2.87. The summed E-state index contributed by atoms with van der Waals surface area (Å²) in [6, 6.07) is 10.5. The first-order chi connectivity index (χ1) is 13.2. The Morgan fingerprint density at radius 2 is 2.04 bits per heavy atom. The minimum Gasteiger partial charge on any atom is -0.337 e. The molecule has 0 N–H and O–H groups in total. The molecule has 1 aromatic carbocycles. The Morgan fingerprint density at radius 3 is 2.93 bits per heavy atom. The van der Waals surface area contributed by atoms with Crippen molar-refractivity contribution in [2.24, 2.45) is 0 Å². The molecule has 5 nitrogen and oxygen atoms in total. The molecule has 0 spiro atoms. The summed E-state index contributed by atoms with van der Waals surface area (Å²) in [5.41, 5.74) is 1.71. The smallest absolute Gasteiger partial charge is 0.253 e. The van der Waals surface area contributed by atoms with Crippen molar-refractivity contribution in [2.45, 2.75) is 32.2 Å². The van der Waals surface area contributed by atoms with Crippen molar-refractivity contribution in [2.75, 3.05) is 45.8 Å². The third-order valence-electron chi connectivity index (χ3n) is 6.10. The fourth-order valence-electron chi connectivity index (χ4n) is 4.56. The number of likely N-dealkylation sites (tertiary alicyclic amines) is 1. The number of hydrogen-bond acceptors (Lipinski definition) is 4. The quantitative estimate of drug-likeness (QED) is 0.834. The van der Waals surface area contributed by atoms with Gasteiger partial charge in [0.15, 0.2) is 0 Å². The summed E-state index contributed by atoms with van der Waals surface area (Å²) in [6.45, 7) is 9.56. The molecule has 5 heteroatoms. The van der Waals surface area contributed by atoms with Crippen LogP contribution in [0.2, 0.25) is 0 Å². The molecule has 2 saturated heterocycles. The van der Waals surface area contributed by atoms with E-state index in [-0.39, 0.29) is 5.91 Å². The summed E-state index contributed by atoms with van der Waals surface area (Å²) in [7, 11) is 0. The van der Waals surface area contributed by atoms with E-state index in [4.69, 9.17) is 0 Å². The molecule has 144 valence electrons. The van der Waals surface area contributed by atoms with Gasteiger partial charge in [-0.25, -0.2) is 0 Å². The Morgan fingerprint density at radius 1 is 1.11 bits per heavy atom. The van der Waals surface area contributed by atoms with Crippen LogP contribution in [0.25, 0.3) is 10.9 Å². The zero-order chi connectivity index (χ0) is 18.6. The number of pyridine rings is 1. The normalized spacial score (nSPS) is 22.3. The van der Waals surface area contributed by atoms with Crippen LogP contribution >= 0.6 is 0 Å². The van der Waals surface area contributed by atoms with Crippen LogP contribution in [-0.2, 0) is 0 Å². The van der Waals surface area contributed by atoms with E-state index in [9.17, 15) is 4.79 Å². The zero-order valence-corrected chi connectivity index (χ0v) is 16.3. The van der Waals surface area contributed by atoms with Crippen molar-refractivity contribution < 1.29 is 4.79 Å². The van der Waals surface area contributed by atoms with E-state index in [1.807, 2.05) is 35.2 Å². The molecule has 1 atom stereocenters. The molecule has 27 heavy (non-hydrogen) atoms. The molecule has 0 radical (unpaired) electrons. The molecule has 1 amide bonds. The lowest BCUT2D eigenvalue weighted by molar-refractivity contribution is 0.0760. The summed E-state index contributed by atoms with van der Waals surface area (Å²) in [5, 5.41) is 1.03. The van der Waals surface area contributed by atoms with Crippen molar-refractivity contribution in [3.05, 3.63) is 42.1 Å². The molecule has 4 rings (SSSR count). The summed E-state index contributed by atoms with van der Waals surface area (Å²) >= 11 is 0. The third kappa shape index (κ3) is 4.14. The number of amides is 1. The Balaban J connectivity index is 1.39. The number of nitrogens with zero attached hydrogens (tertiary/aromatic N) is 4. The second-order valence-electron chi connectivity index (χ2n) is 7.78. The lowest BCUT2D eigenvalue weighted by Gasteiger charge is -2.29. The Labute approximate surface area is 162 Å². The van der Waals surface area contributed by atoms with Crippen LogP contribution in [-0.4, -0.2) is 77.4 Å². The lowest BCUT2D eigenvalue weighted by Crippen LogP contribution is -2.42. The van der Waals surface area contributed by atoms with E-state index >= 15 is 0 Å². The van der Waals surface area contributed by atoms with Gasteiger partial charge in [-0.3, -0.25) is 19.6 Å². The number of fused-ring (bicyclic) bond motifs is 1. The highest BCUT2D eigenvalue weighted by molar-refractivity contribution is 5.97. The van der Waals surface area contributed by atoms with Crippen molar-refractivity contribution in [1.29, 1.82) is 0 Å². The van der Waals surface area contributed by atoms with Crippen LogP contribution < -0.4 is 0 Å². The van der Waals surface area contributed by atoms with Gasteiger partial charge in [-0.2, -0.15) is 0 Å². The topological polar surface area (TPSA) is 39.7 Å². The Kier molecular flexibility index (Phi) is 5.69. The van der Waals surface area contributed by atoms with Gasteiger partial charge >= 0.3 is 0 Å². The molecule has 2 aromatic rings. The van der Waals surface area contributed by atoms with E-state index in [1.54, 1.807) is 6.20 Å². The highest BCUT2D eigenvalue weighted by Crippen LogP contribution is 2.19. The average molecular weight is 367 g/mol. The van der Waals surface area contributed by atoms with Crippen molar-refractivity contribution in [3.63, 3.8) is 0 Å². The van der Waals surface area contributed by atoms with Crippen molar-refractivity contribution >= 4 is 16.8 Å². The number of rotatable bonds is 4. The highest BCUT2D eigenvalue weighted by atomic mass is 16.2. The van der Waals surface area contributed by atoms with Crippen molar-refractivity contribution in [1.82, 2.24) is 19.7 Å². The molecular weight excluding hydrogens is 336 g/mol. The first-order valence-corrected chi connectivity index (χ1v) is 10.3. The van der Waals surface area contributed by atoms with Crippen LogP contribution in [0.15, 0.2) is 36.5 Å². The third-order valence-corrected chi connectivity index (χ3v) is 6.10. The maximum atomic E-state index is 13.0. The van der Waals surface area contributed by atoms with Gasteiger partial charge in [-0.1, -0.05) is 13.0 Å². The van der Waals surface area contributed by atoms with E-state index in [0.29, 0.717) is 6.04 Å². The molecule has 2 aliphatic heterocycles. The molecule has 0 bridgehead atoms. The van der Waals surface area contributed by atoms with Gasteiger partial charge in [0.1, 0.15) is 0 Å². The summed E-state index contributed by atoms with van der Waals surface area (Å²) in [4.78, 5) is 24.6. The van der Waals surface area contributed by atoms with E-state index in [0.717, 1.165) is 62.2 Å². The van der Waals surface area contributed by atoms with Gasteiger partial charge in [-0.15, -0.1) is 0 Å². The van der Waals surface area contributed by atoms with Gasteiger partial charge in [0.25, 0.3) is 5.91 Å². The molecule has 0 saturated carbocycles. The number of carbonyl (C=O) groups excluding carboxylic acids is 1. The zero-order valence-electron chi connectivity index (χ0n) is 16.3. The summed E-state index contributed by atoms with van der Waals surface area (Å²) in [6.07, 6.45) is 5.49. The molecule has 0 aliphatic carbocycles. The number of hydrogen-bond donors (Lipinski definition) is 0. The second kappa shape index (κ2) is 8.36. The first kappa shape index (κ1) is 18.4. The summed E-state index contributed by atoms with van der Waals surface area (Å²) in [5.74, 6) is 0.152. The molecule has 2 fully saturated rings. The number of benzene rings is 1. The van der Waals surface area contributed by atoms with Gasteiger partial charge in [0, 0.05) is 49.4 Å². The minimum atomic E-state index is 0.152. The molecular formula is C22H30N4O. The fourth-order valence-corrected chi connectivity index (χ4v) is 4.56. The summed E-state index contributed by atoms with van der Waals surface area (Å²) < 4.78 is 0. The molecule has 0 unspecified atom stereocenters. The van der Waals surface area contributed by atoms with Crippen LogP contribution in [0.3, 0.4) is 0 Å². The van der Waals surface area contributed by atoms with Crippen LogP contribution in [0.5, 0.6) is 0 Å². The van der Waals surface area contributed by atoms with Gasteiger partial charge in [-0.05, 0) is 63.2 Å². The predicted molar refractivity (Wildman–Crippen MR) is 109 cm³/mol. The number of carbonyl (C=O) groups is 1. The van der Waals surface area contributed by atoms with E-state index in [2.05, 4.69) is 21.7 Å². The average Bonchev–Trinajstić information content (AvgIpc) is 3.03. The maximum Gasteiger partial charge on any atom is 0.253 e. The van der Waals surface area contributed by atoms with Crippen LogP contribution in [0.1, 0.15) is 36.5 Å². The molecule has 2 aliphatic rings. The first-order valence-electron chi connectivity index (χ1n) is 10.3. The monoisotopic (exact) mass is 366 g/mol. The maximum absolute atomic E-state index is 13.0. The Hall–Kier alpha value is -1.98. The van der Waals surface area contributed by atoms with E-state index < -0.39 is 0 Å². The highest BCUT2D eigenvalue weighted by Gasteiger charge is 2.27. The molecule has 3 heterocycles. The second-order valence-corrected chi connectivity index (χ2v) is 7.78. The standard InChI is InChI=1S/C22H30N4O/c1-2-25-12-4-7-20(25)17-24-11-5-13-26(15-14-24)22(27)19-8-9-21-18(16-19)6-3-10-23-21/h3,6,8-10,16,20H,2,4-5,7,11-15,17H2,1H3/t20-/m1/s1. The number of likely N-dealkylation sites (N-methyl/N-ethyl adjacent to an activating group) is 1. The largest absolute Gasteiger partial charge is 0.337 e. The SMILES string of the molecule is CCN1CCC[C@@H]1CN1CCCN(C(=O)c2ccc3ncccc3c2)CC1. The van der Waals surface area contributed by atoms with Gasteiger partial charge in [0.05, 0.1) is 5.52 Å². The fraction of sp³-hybridized carbons (Fsp3) is 0.545. The van der Waals surface area contributed by atoms with Crippen LogP contribution in [0, 0.1) is 0 Å². The van der Waals surface area contributed by atoms with Crippen molar-refractivity contribution in [3.8, 4) is 0 Å². The lowest BCUT2D eigenvalue weighted by atomic mass is 10.1. The van der Waals surface area contributed by atoms with E-state index in [1.165, 1.54) is 19.4 Å². The van der Waals surface area contributed by atoms with Gasteiger partial charge in [0.2, 0.25) is 0 Å². The minimum absolute atomic E-state index is 0.152. The number of aromatic nitrogens is 1. The Bertz CT molecular complexity index is 793. The van der Waals surface area contributed by atoms with Gasteiger partial charge < -0.3 is 4.90 Å².